The van der Waals surface area contributed by atoms with Gasteiger partial charge in [-0.05, 0) is 23.8 Å². The molecule has 0 heterocycles. The summed E-state index contributed by atoms with van der Waals surface area (Å²) < 4.78 is 24.4. The van der Waals surface area contributed by atoms with Crippen LogP contribution in [0.2, 0.25) is 0 Å². The number of nitrogens with one attached hydrogen (secondary N) is 1. The van der Waals surface area contributed by atoms with Crippen LogP contribution in [0, 0.1) is 5.82 Å². The minimum absolute atomic E-state index is 0.322. The number of hydrogen-bond acceptors (Lipinski definition) is 4. The van der Waals surface area contributed by atoms with Crippen LogP contribution >= 0.6 is 0 Å². The van der Waals surface area contributed by atoms with Crippen molar-refractivity contribution >= 4 is 0 Å². The first-order chi connectivity index (χ1) is 9.69. The van der Waals surface area contributed by atoms with Gasteiger partial charge in [0.25, 0.3) is 0 Å². The second kappa shape index (κ2) is 6.36. The molecule has 2 rings (SSSR count). The fraction of sp³-hybridized carbons (Fsp3) is 0.200. The van der Waals surface area contributed by atoms with Gasteiger partial charge >= 0.3 is 0 Å². The number of ether oxygens (including phenoxy) is 2. The molecule has 1 unspecified atom stereocenters. The third-order valence-electron chi connectivity index (χ3n) is 3.09. The average Bonchev–Trinajstić information content (AvgIpc) is 2.49. The van der Waals surface area contributed by atoms with Crippen LogP contribution in [0.3, 0.4) is 0 Å². The molecule has 0 bridgehead atoms. The molecule has 0 fully saturated rings. The molecule has 0 aliphatic carbocycles. The summed E-state index contributed by atoms with van der Waals surface area (Å²) in [7, 11) is 3.12. The normalized spacial score (nSPS) is 12.0. The lowest BCUT2D eigenvalue weighted by molar-refractivity contribution is 0.392. The summed E-state index contributed by atoms with van der Waals surface area (Å²) in [4.78, 5) is 0. The lowest BCUT2D eigenvalue weighted by Crippen LogP contribution is -2.29. The first-order valence-electron chi connectivity index (χ1n) is 6.13. The van der Waals surface area contributed by atoms with E-state index in [0.717, 1.165) is 5.56 Å². The molecule has 4 nitrogen and oxygen atoms in total. The van der Waals surface area contributed by atoms with Gasteiger partial charge in [-0.1, -0.05) is 18.2 Å². The number of benzene rings is 2. The Bertz CT molecular complexity index is 568. The fourth-order valence-corrected chi connectivity index (χ4v) is 2.07. The fourth-order valence-electron chi connectivity index (χ4n) is 2.07. The van der Waals surface area contributed by atoms with Crippen molar-refractivity contribution in [2.75, 3.05) is 14.2 Å². The molecule has 5 heteroatoms. The van der Waals surface area contributed by atoms with Crippen molar-refractivity contribution < 1.29 is 13.9 Å². The van der Waals surface area contributed by atoms with Crippen molar-refractivity contribution in [3.8, 4) is 11.5 Å². The summed E-state index contributed by atoms with van der Waals surface area (Å²) >= 11 is 0. The highest BCUT2D eigenvalue weighted by atomic mass is 19.1. The molecule has 2 aromatic rings. The first-order valence-corrected chi connectivity index (χ1v) is 6.13. The molecule has 0 saturated heterocycles. The first kappa shape index (κ1) is 14.3. The minimum atomic E-state index is -0.486. The second-order valence-electron chi connectivity index (χ2n) is 4.27. The maximum Gasteiger partial charge on any atom is 0.128 e. The maximum absolute atomic E-state index is 13.9. The lowest BCUT2D eigenvalue weighted by atomic mass is 9.98. The summed E-state index contributed by atoms with van der Waals surface area (Å²) in [5.41, 5.74) is 3.85. The summed E-state index contributed by atoms with van der Waals surface area (Å²) in [5.74, 6) is 6.51. The van der Waals surface area contributed by atoms with E-state index in [4.69, 9.17) is 15.3 Å². The molecule has 0 saturated carbocycles. The Kier molecular flexibility index (Phi) is 4.55. The molecule has 2 aromatic carbocycles. The van der Waals surface area contributed by atoms with Crippen molar-refractivity contribution in [2.24, 2.45) is 5.84 Å². The molecule has 0 radical (unpaired) electrons. The van der Waals surface area contributed by atoms with E-state index in [2.05, 4.69) is 5.43 Å². The van der Waals surface area contributed by atoms with Crippen LogP contribution in [-0.2, 0) is 0 Å². The Labute approximate surface area is 117 Å². The number of hydrogen-bond donors (Lipinski definition) is 2. The van der Waals surface area contributed by atoms with Crippen LogP contribution in [0.15, 0.2) is 42.5 Å². The van der Waals surface area contributed by atoms with Crippen molar-refractivity contribution in [3.63, 3.8) is 0 Å². The zero-order chi connectivity index (χ0) is 14.5. The predicted octanol–water partition coefficient (Wildman–Crippen LogP) is 2.40. The number of halogens is 1. The quantitative estimate of drug-likeness (QED) is 0.650. The zero-order valence-corrected chi connectivity index (χ0v) is 11.4. The van der Waals surface area contributed by atoms with E-state index in [0.29, 0.717) is 17.1 Å². The number of nitrogens with two attached hydrogens (primary N) is 1. The van der Waals surface area contributed by atoms with Crippen LogP contribution in [-0.4, -0.2) is 14.2 Å². The van der Waals surface area contributed by atoms with Crippen LogP contribution in [0.1, 0.15) is 17.2 Å². The van der Waals surface area contributed by atoms with Gasteiger partial charge in [0.05, 0.1) is 20.3 Å². The molecule has 0 aromatic heterocycles. The minimum Gasteiger partial charge on any atom is -0.497 e. The zero-order valence-electron chi connectivity index (χ0n) is 11.4. The second-order valence-corrected chi connectivity index (χ2v) is 4.27. The van der Waals surface area contributed by atoms with Gasteiger partial charge < -0.3 is 9.47 Å². The molecule has 3 N–H and O–H groups in total. The highest BCUT2D eigenvalue weighted by Crippen LogP contribution is 2.30. The van der Waals surface area contributed by atoms with E-state index in [-0.39, 0.29) is 5.82 Å². The largest absolute Gasteiger partial charge is 0.497 e. The van der Waals surface area contributed by atoms with Crippen molar-refractivity contribution in [2.45, 2.75) is 6.04 Å². The van der Waals surface area contributed by atoms with Gasteiger partial charge in [-0.3, -0.25) is 5.84 Å². The molecule has 0 aliphatic rings. The van der Waals surface area contributed by atoms with Crippen LogP contribution < -0.4 is 20.7 Å². The smallest absolute Gasteiger partial charge is 0.128 e. The summed E-state index contributed by atoms with van der Waals surface area (Å²) in [6.07, 6.45) is 0. The van der Waals surface area contributed by atoms with Crippen LogP contribution in [0.5, 0.6) is 11.5 Å². The highest BCUT2D eigenvalue weighted by molar-refractivity contribution is 5.43. The van der Waals surface area contributed by atoms with Gasteiger partial charge in [0, 0.05) is 11.6 Å². The molecule has 0 spiro atoms. The van der Waals surface area contributed by atoms with Crippen LogP contribution in [0.25, 0.3) is 0 Å². The van der Waals surface area contributed by atoms with Crippen molar-refractivity contribution in [1.29, 1.82) is 0 Å². The van der Waals surface area contributed by atoms with Gasteiger partial charge in [-0.25, -0.2) is 9.82 Å². The number of rotatable bonds is 5. The Morgan fingerprint density at radius 2 is 1.65 bits per heavy atom. The Morgan fingerprint density at radius 3 is 2.15 bits per heavy atom. The van der Waals surface area contributed by atoms with E-state index in [9.17, 15) is 4.39 Å². The SMILES string of the molecule is COc1cc(OC)cc(C(NN)c2ccccc2F)c1. The summed E-state index contributed by atoms with van der Waals surface area (Å²) in [6.45, 7) is 0. The van der Waals surface area contributed by atoms with Crippen LogP contribution in [0.4, 0.5) is 4.39 Å². The molecule has 1 atom stereocenters. The van der Waals surface area contributed by atoms with E-state index < -0.39 is 6.04 Å². The third-order valence-corrected chi connectivity index (χ3v) is 3.09. The molecule has 106 valence electrons. The van der Waals surface area contributed by atoms with Gasteiger partial charge in [0.2, 0.25) is 0 Å². The molecular weight excluding hydrogens is 259 g/mol. The van der Waals surface area contributed by atoms with Gasteiger partial charge in [-0.15, -0.1) is 0 Å². The van der Waals surface area contributed by atoms with E-state index in [1.807, 2.05) is 0 Å². The van der Waals surface area contributed by atoms with Crippen molar-refractivity contribution in [3.05, 3.63) is 59.4 Å². The highest BCUT2D eigenvalue weighted by Gasteiger charge is 2.18. The topological polar surface area (TPSA) is 56.5 Å². The lowest BCUT2D eigenvalue weighted by Gasteiger charge is -2.19. The third kappa shape index (κ3) is 2.89. The molecule has 20 heavy (non-hydrogen) atoms. The molecular formula is C15H17FN2O2. The molecule has 0 amide bonds. The van der Waals surface area contributed by atoms with E-state index in [1.54, 1.807) is 50.6 Å². The number of hydrazine groups is 1. The Hall–Kier alpha value is -2.11. The van der Waals surface area contributed by atoms with Gasteiger partial charge in [0.15, 0.2) is 0 Å². The number of methoxy groups -OCH3 is 2. The van der Waals surface area contributed by atoms with Crippen molar-refractivity contribution in [1.82, 2.24) is 5.43 Å². The predicted molar refractivity (Wildman–Crippen MR) is 75.1 cm³/mol. The van der Waals surface area contributed by atoms with Gasteiger partial charge in [-0.2, -0.15) is 0 Å². The Morgan fingerprint density at radius 1 is 1.05 bits per heavy atom. The monoisotopic (exact) mass is 276 g/mol. The summed E-state index contributed by atoms with van der Waals surface area (Å²) in [5, 5.41) is 0. The maximum atomic E-state index is 13.9. The van der Waals surface area contributed by atoms with E-state index in [1.165, 1.54) is 6.07 Å². The standard InChI is InChI=1S/C15H17FN2O2/c1-19-11-7-10(8-12(9-11)20-2)15(18-17)13-5-3-4-6-14(13)16/h3-9,15,18H,17H2,1-2H3. The van der Waals surface area contributed by atoms with Gasteiger partial charge in [0.1, 0.15) is 17.3 Å². The summed E-state index contributed by atoms with van der Waals surface area (Å²) in [6, 6.07) is 11.3. The Balaban J connectivity index is 2.49. The average molecular weight is 276 g/mol. The van der Waals surface area contributed by atoms with E-state index >= 15 is 0 Å². The molecule has 0 aliphatic heterocycles.